The molecule has 1 saturated heterocycles. The van der Waals surface area contributed by atoms with Crippen molar-refractivity contribution in [2.24, 2.45) is 11.7 Å². The van der Waals surface area contributed by atoms with Gasteiger partial charge in [0.15, 0.2) is 0 Å². The van der Waals surface area contributed by atoms with E-state index in [2.05, 4.69) is 4.98 Å². The van der Waals surface area contributed by atoms with Crippen molar-refractivity contribution in [3.8, 4) is 16.9 Å². The van der Waals surface area contributed by atoms with Crippen LogP contribution in [0, 0.1) is 5.92 Å². The van der Waals surface area contributed by atoms with Crippen LogP contribution in [0.25, 0.3) is 11.1 Å². The minimum Gasteiger partial charge on any atom is -0.497 e. The van der Waals surface area contributed by atoms with Crippen LogP contribution in [0.1, 0.15) is 30.1 Å². The van der Waals surface area contributed by atoms with E-state index in [4.69, 9.17) is 10.5 Å². The molecule has 1 fully saturated rings. The van der Waals surface area contributed by atoms with E-state index in [1.165, 1.54) is 0 Å². The van der Waals surface area contributed by atoms with E-state index < -0.39 is 0 Å². The lowest BCUT2D eigenvalue weighted by Gasteiger charge is -2.33. The molecule has 132 valence electrons. The van der Waals surface area contributed by atoms with E-state index in [9.17, 15) is 4.79 Å². The molecule has 0 bridgehead atoms. The van der Waals surface area contributed by atoms with Gasteiger partial charge in [0.2, 0.25) is 0 Å². The van der Waals surface area contributed by atoms with Crippen molar-refractivity contribution >= 4 is 5.91 Å². The van der Waals surface area contributed by atoms with Crippen molar-refractivity contribution in [2.45, 2.75) is 25.8 Å². The fraction of sp³-hybridized carbons (Fsp3) is 0.400. The number of benzene rings is 1. The molecule has 1 amide bonds. The van der Waals surface area contributed by atoms with E-state index in [1.807, 2.05) is 42.2 Å². The van der Waals surface area contributed by atoms with E-state index in [-0.39, 0.29) is 11.9 Å². The predicted molar refractivity (Wildman–Crippen MR) is 98.5 cm³/mol. The number of hydrogen-bond donors (Lipinski definition) is 1. The van der Waals surface area contributed by atoms with Crippen molar-refractivity contribution in [1.82, 2.24) is 9.88 Å². The first kappa shape index (κ1) is 17.4. The Morgan fingerprint density at radius 1 is 1.20 bits per heavy atom. The number of nitrogens with two attached hydrogens (primary N) is 1. The second-order valence-corrected chi connectivity index (χ2v) is 6.68. The summed E-state index contributed by atoms with van der Waals surface area (Å²) in [4.78, 5) is 19.0. The number of ether oxygens (including phenoxy) is 1. The summed E-state index contributed by atoms with van der Waals surface area (Å²) in [5.41, 5.74) is 8.56. The Labute approximate surface area is 148 Å². The first-order valence-corrected chi connectivity index (χ1v) is 8.73. The smallest absolute Gasteiger partial charge is 0.255 e. The molecule has 1 aromatic carbocycles. The number of carbonyl (C=O) groups is 1. The van der Waals surface area contributed by atoms with Crippen LogP contribution >= 0.6 is 0 Å². The van der Waals surface area contributed by atoms with E-state index >= 15 is 0 Å². The van der Waals surface area contributed by atoms with E-state index in [1.54, 1.807) is 19.5 Å². The van der Waals surface area contributed by atoms with Gasteiger partial charge in [0, 0.05) is 37.1 Å². The van der Waals surface area contributed by atoms with E-state index in [0.717, 1.165) is 42.8 Å². The Morgan fingerprint density at radius 2 is 1.88 bits per heavy atom. The molecule has 1 unspecified atom stereocenters. The summed E-state index contributed by atoms with van der Waals surface area (Å²) in [7, 11) is 1.64. The number of carbonyl (C=O) groups excluding carboxylic acids is 1. The van der Waals surface area contributed by atoms with Crippen molar-refractivity contribution in [1.29, 1.82) is 0 Å². The van der Waals surface area contributed by atoms with Gasteiger partial charge in [0.25, 0.3) is 5.91 Å². The molecule has 5 nitrogen and oxygen atoms in total. The Kier molecular flexibility index (Phi) is 5.34. The highest BCUT2D eigenvalue weighted by Gasteiger charge is 2.25. The number of aromatic nitrogens is 1. The maximum Gasteiger partial charge on any atom is 0.255 e. The third kappa shape index (κ3) is 3.99. The molecule has 1 atom stereocenters. The van der Waals surface area contributed by atoms with Crippen molar-refractivity contribution in [3.63, 3.8) is 0 Å². The molecule has 1 aliphatic heterocycles. The molecular formula is C20H25N3O2. The summed E-state index contributed by atoms with van der Waals surface area (Å²) >= 11 is 0. The standard InChI is InChI=1S/C20H25N3O2/c1-14(21)15-7-9-23(10-8-15)20(24)18-11-17(12-22-13-18)16-3-5-19(25-2)6-4-16/h3-6,11-15H,7-10,21H2,1-2H3. The van der Waals surface area contributed by atoms with Gasteiger partial charge >= 0.3 is 0 Å². The fourth-order valence-corrected chi connectivity index (χ4v) is 3.31. The van der Waals surface area contributed by atoms with Gasteiger partial charge in [-0.25, -0.2) is 0 Å². The minimum atomic E-state index is 0.0472. The lowest BCUT2D eigenvalue weighted by atomic mass is 9.90. The van der Waals surface area contributed by atoms with Gasteiger partial charge < -0.3 is 15.4 Å². The summed E-state index contributed by atoms with van der Waals surface area (Å²) in [6.07, 6.45) is 5.36. The summed E-state index contributed by atoms with van der Waals surface area (Å²) < 4.78 is 5.19. The third-order valence-corrected chi connectivity index (χ3v) is 4.98. The Morgan fingerprint density at radius 3 is 2.48 bits per heavy atom. The van der Waals surface area contributed by atoms with Gasteiger partial charge in [0.1, 0.15) is 5.75 Å². The van der Waals surface area contributed by atoms with Crippen LogP contribution in [0.5, 0.6) is 5.75 Å². The second-order valence-electron chi connectivity index (χ2n) is 6.68. The zero-order valence-electron chi connectivity index (χ0n) is 14.8. The molecule has 0 saturated carbocycles. The van der Waals surface area contributed by atoms with Crippen molar-refractivity contribution < 1.29 is 9.53 Å². The maximum atomic E-state index is 12.8. The predicted octanol–water partition coefficient (Wildman–Crippen LogP) is 2.96. The van der Waals surface area contributed by atoms with E-state index in [0.29, 0.717) is 11.5 Å². The van der Waals surface area contributed by atoms with Crippen LogP contribution in [0.3, 0.4) is 0 Å². The number of hydrogen-bond acceptors (Lipinski definition) is 4. The average Bonchev–Trinajstić information content (AvgIpc) is 2.67. The van der Waals surface area contributed by atoms with Gasteiger partial charge in [-0.3, -0.25) is 9.78 Å². The highest BCUT2D eigenvalue weighted by molar-refractivity contribution is 5.95. The number of likely N-dealkylation sites (tertiary alicyclic amines) is 1. The van der Waals surface area contributed by atoms with Gasteiger partial charge in [-0.15, -0.1) is 0 Å². The third-order valence-electron chi connectivity index (χ3n) is 4.98. The molecular weight excluding hydrogens is 314 g/mol. The summed E-state index contributed by atoms with van der Waals surface area (Å²) in [5.74, 6) is 1.36. The molecule has 2 aromatic rings. The maximum absolute atomic E-state index is 12.8. The first-order chi connectivity index (χ1) is 12.1. The van der Waals surface area contributed by atoms with Crippen LogP contribution in [0.15, 0.2) is 42.7 Å². The zero-order valence-corrected chi connectivity index (χ0v) is 14.8. The lowest BCUT2D eigenvalue weighted by molar-refractivity contribution is 0.0680. The number of pyridine rings is 1. The van der Waals surface area contributed by atoms with Gasteiger partial charge in [-0.05, 0) is 49.4 Å². The van der Waals surface area contributed by atoms with Crippen LogP contribution in [-0.2, 0) is 0 Å². The minimum absolute atomic E-state index is 0.0472. The number of amides is 1. The highest BCUT2D eigenvalue weighted by atomic mass is 16.5. The normalized spacial score (nSPS) is 16.5. The molecule has 1 aliphatic rings. The Bertz CT molecular complexity index is 720. The van der Waals surface area contributed by atoms with Crippen molar-refractivity contribution in [3.05, 3.63) is 48.3 Å². The molecule has 0 radical (unpaired) electrons. The first-order valence-electron chi connectivity index (χ1n) is 8.73. The molecule has 5 heteroatoms. The summed E-state index contributed by atoms with van der Waals surface area (Å²) in [6.45, 7) is 3.57. The lowest BCUT2D eigenvalue weighted by Crippen LogP contribution is -2.42. The SMILES string of the molecule is COc1ccc(-c2cncc(C(=O)N3CCC(C(C)N)CC3)c2)cc1. The quantitative estimate of drug-likeness (QED) is 0.930. The van der Waals surface area contributed by atoms with Crippen LogP contribution in [0.4, 0.5) is 0 Å². The molecule has 25 heavy (non-hydrogen) atoms. The number of nitrogens with zero attached hydrogens (tertiary/aromatic N) is 2. The number of piperidine rings is 1. The molecule has 2 heterocycles. The van der Waals surface area contributed by atoms with Gasteiger partial charge in [0.05, 0.1) is 12.7 Å². The van der Waals surface area contributed by atoms with Crippen molar-refractivity contribution in [2.75, 3.05) is 20.2 Å². The molecule has 3 rings (SSSR count). The number of rotatable bonds is 4. The van der Waals surface area contributed by atoms with Crippen LogP contribution in [0.2, 0.25) is 0 Å². The molecule has 0 aliphatic carbocycles. The average molecular weight is 339 g/mol. The molecule has 0 spiro atoms. The summed E-state index contributed by atoms with van der Waals surface area (Å²) in [5, 5.41) is 0. The second kappa shape index (κ2) is 7.66. The molecule has 1 aromatic heterocycles. The topological polar surface area (TPSA) is 68.5 Å². The monoisotopic (exact) mass is 339 g/mol. The Balaban J connectivity index is 1.73. The van der Waals surface area contributed by atoms with Crippen LogP contribution in [-0.4, -0.2) is 42.0 Å². The van der Waals surface area contributed by atoms with Gasteiger partial charge in [-0.1, -0.05) is 12.1 Å². The molecule has 2 N–H and O–H groups in total. The zero-order chi connectivity index (χ0) is 17.8. The number of methoxy groups -OCH3 is 1. The Hall–Kier alpha value is -2.40. The highest BCUT2D eigenvalue weighted by Crippen LogP contribution is 2.24. The van der Waals surface area contributed by atoms with Gasteiger partial charge in [-0.2, -0.15) is 0 Å². The largest absolute Gasteiger partial charge is 0.497 e. The summed E-state index contributed by atoms with van der Waals surface area (Å²) in [6, 6.07) is 9.86. The fourth-order valence-electron chi connectivity index (χ4n) is 3.31. The van der Waals surface area contributed by atoms with Crippen LogP contribution < -0.4 is 10.5 Å².